The van der Waals surface area contributed by atoms with Crippen molar-refractivity contribution >= 4 is 29.2 Å². The molecule has 1 saturated heterocycles. The Morgan fingerprint density at radius 3 is 2.56 bits per heavy atom. The smallest absolute Gasteiger partial charge is 0.309 e. The molecule has 220 valence electrons. The molecule has 0 saturated carbocycles. The van der Waals surface area contributed by atoms with E-state index in [-0.39, 0.29) is 17.5 Å². The molecular weight excluding hydrogens is 570 g/mol. The zero-order valence-electron chi connectivity index (χ0n) is 23.9. The number of halogens is 1. The predicted molar refractivity (Wildman–Crippen MR) is 163 cm³/mol. The molecular formula is C32H30ClN5O5. The summed E-state index contributed by atoms with van der Waals surface area (Å²) in [5.74, 6) is -1.08. The van der Waals surface area contributed by atoms with Crippen LogP contribution in [0.15, 0.2) is 59.5 Å². The summed E-state index contributed by atoms with van der Waals surface area (Å²) in [6.07, 6.45) is 3.12. The fourth-order valence-corrected chi connectivity index (χ4v) is 6.36. The topological polar surface area (TPSA) is 127 Å². The number of carboxylic acids is 1. The number of likely N-dealkylation sites (tertiary alicyclic amines) is 1. The predicted octanol–water partition coefficient (Wildman–Crippen LogP) is 4.74. The minimum atomic E-state index is -0.757. The van der Waals surface area contributed by atoms with Gasteiger partial charge in [-0.2, -0.15) is 5.10 Å². The van der Waals surface area contributed by atoms with Crippen molar-refractivity contribution in [1.82, 2.24) is 19.7 Å². The van der Waals surface area contributed by atoms with Crippen LogP contribution >= 0.6 is 11.6 Å². The van der Waals surface area contributed by atoms with Crippen LogP contribution in [0.25, 0.3) is 22.4 Å². The number of nitrogens with zero attached hydrogens (tertiary/aromatic N) is 4. The SMILES string of the molecule is COc1nc(-c2cccc(-c3cccc(NC(=O)c4ccnn(C)c4=O)c3C)c2Cl)cc2c1[C@@H](N1CC(C(=O)O)C1)CC2. The Kier molecular flexibility index (Phi) is 7.49. The fraction of sp³-hybridized carbons (Fsp3) is 0.281. The molecule has 0 radical (unpaired) electrons. The lowest BCUT2D eigenvalue weighted by Crippen LogP contribution is -2.51. The van der Waals surface area contributed by atoms with Gasteiger partial charge < -0.3 is 15.2 Å². The number of pyridine rings is 1. The number of anilines is 1. The Morgan fingerprint density at radius 1 is 1.09 bits per heavy atom. The lowest BCUT2D eigenvalue weighted by Gasteiger charge is -2.41. The third kappa shape index (κ3) is 5.06. The maximum absolute atomic E-state index is 13.0. The van der Waals surface area contributed by atoms with Crippen molar-refractivity contribution < 1.29 is 19.4 Å². The second kappa shape index (κ2) is 11.3. The highest BCUT2D eigenvalue weighted by Crippen LogP contribution is 2.46. The summed E-state index contributed by atoms with van der Waals surface area (Å²) >= 11 is 7.06. The Hall–Kier alpha value is -4.54. The highest BCUT2D eigenvalue weighted by molar-refractivity contribution is 6.36. The minimum Gasteiger partial charge on any atom is -0.481 e. The Morgan fingerprint density at radius 2 is 1.81 bits per heavy atom. The third-order valence-electron chi connectivity index (χ3n) is 8.42. The van der Waals surface area contributed by atoms with Crippen LogP contribution in [0.5, 0.6) is 5.88 Å². The van der Waals surface area contributed by atoms with E-state index in [0.29, 0.717) is 35.4 Å². The number of rotatable bonds is 7. The lowest BCUT2D eigenvalue weighted by molar-refractivity contribution is -0.148. The number of aryl methyl sites for hydroxylation is 2. The summed E-state index contributed by atoms with van der Waals surface area (Å²) in [7, 11) is 3.09. The van der Waals surface area contributed by atoms with E-state index >= 15 is 0 Å². The van der Waals surface area contributed by atoms with Crippen LogP contribution in [0.3, 0.4) is 0 Å². The highest BCUT2D eigenvalue weighted by Gasteiger charge is 2.41. The fourth-order valence-electron chi connectivity index (χ4n) is 6.03. The number of carbonyl (C=O) groups excluding carboxylic acids is 1. The first kappa shape index (κ1) is 28.6. The van der Waals surface area contributed by atoms with E-state index in [1.807, 2.05) is 37.3 Å². The lowest BCUT2D eigenvalue weighted by atomic mass is 9.94. The van der Waals surface area contributed by atoms with Crippen LogP contribution in [-0.4, -0.2) is 56.8 Å². The molecule has 2 N–H and O–H groups in total. The number of aliphatic carboxylic acids is 1. The Labute approximate surface area is 252 Å². The maximum atomic E-state index is 13.0. The van der Waals surface area contributed by atoms with Crippen LogP contribution in [0.1, 0.15) is 39.5 Å². The normalized spacial score (nSPS) is 16.4. The van der Waals surface area contributed by atoms with Gasteiger partial charge in [0, 0.05) is 54.8 Å². The van der Waals surface area contributed by atoms with Crippen molar-refractivity contribution in [2.75, 3.05) is 25.5 Å². The molecule has 1 atom stereocenters. The number of carboxylic acid groups (broad SMARTS) is 1. The van der Waals surface area contributed by atoms with Crippen LogP contribution in [-0.2, 0) is 18.3 Å². The van der Waals surface area contributed by atoms with Gasteiger partial charge in [0.2, 0.25) is 5.88 Å². The van der Waals surface area contributed by atoms with Crippen LogP contribution in [0, 0.1) is 12.8 Å². The molecule has 2 aliphatic rings. The molecule has 1 fully saturated rings. The average Bonchev–Trinajstić information content (AvgIpc) is 3.38. The molecule has 4 aromatic rings. The number of ether oxygens (including phenoxy) is 1. The molecule has 10 nitrogen and oxygen atoms in total. The van der Waals surface area contributed by atoms with E-state index in [4.69, 9.17) is 21.3 Å². The van der Waals surface area contributed by atoms with Gasteiger partial charge in [0.25, 0.3) is 11.5 Å². The van der Waals surface area contributed by atoms with E-state index < -0.39 is 17.4 Å². The van der Waals surface area contributed by atoms with Crippen molar-refractivity contribution in [3.05, 3.63) is 92.4 Å². The Balaban J connectivity index is 1.32. The maximum Gasteiger partial charge on any atom is 0.309 e. The van der Waals surface area contributed by atoms with E-state index in [1.54, 1.807) is 13.2 Å². The van der Waals surface area contributed by atoms with Gasteiger partial charge >= 0.3 is 5.97 Å². The monoisotopic (exact) mass is 599 g/mol. The number of carbonyl (C=O) groups is 2. The largest absolute Gasteiger partial charge is 0.481 e. The van der Waals surface area contributed by atoms with Crippen LogP contribution in [0.4, 0.5) is 5.69 Å². The van der Waals surface area contributed by atoms with Gasteiger partial charge in [-0.25, -0.2) is 9.67 Å². The average molecular weight is 600 g/mol. The molecule has 1 amide bonds. The molecule has 2 aromatic heterocycles. The first-order valence-electron chi connectivity index (χ1n) is 13.9. The summed E-state index contributed by atoms with van der Waals surface area (Å²) in [6.45, 7) is 2.94. The van der Waals surface area contributed by atoms with Crippen molar-refractivity contribution in [1.29, 1.82) is 0 Å². The second-order valence-electron chi connectivity index (χ2n) is 10.9. The number of nitrogens with one attached hydrogen (secondary N) is 1. The molecule has 0 spiro atoms. The summed E-state index contributed by atoms with van der Waals surface area (Å²) in [5, 5.41) is 16.5. The summed E-state index contributed by atoms with van der Waals surface area (Å²) in [6, 6.07) is 14.8. The van der Waals surface area contributed by atoms with Gasteiger partial charge in [0.05, 0.1) is 23.7 Å². The number of benzene rings is 2. The molecule has 1 aliphatic carbocycles. The summed E-state index contributed by atoms with van der Waals surface area (Å²) in [5.41, 5.74) is 6.02. The van der Waals surface area contributed by atoms with Gasteiger partial charge in [0.1, 0.15) is 5.56 Å². The Bertz CT molecular complexity index is 1830. The van der Waals surface area contributed by atoms with E-state index in [2.05, 4.69) is 21.4 Å². The molecule has 2 aromatic carbocycles. The number of methoxy groups -OCH3 is 1. The van der Waals surface area contributed by atoms with Gasteiger partial charge in [-0.1, -0.05) is 41.9 Å². The van der Waals surface area contributed by atoms with Gasteiger partial charge in [-0.3, -0.25) is 19.3 Å². The van der Waals surface area contributed by atoms with Gasteiger partial charge in [-0.15, -0.1) is 0 Å². The van der Waals surface area contributed by atoms with Crippen LogP contribution < -0.4 is 15.6 Å². The quantitative estimate of drug-likeness (QED) is 0.312. The standard InChI is InChI=1S/C32H30ClN5O5/c1-17-20(6-5-9-24(17)35-29(39)23-12-13-34-37(2)31(23)40)21-7-4-8-22(28(21)33)25-14-18-10-11-26(27(18)30(36-25)43-3)38-15-19(16-38)32(41)42/h4-9,12-14,19,26H,10-11,15-16H2,1-3H3,(H,35,39)(H,41,42)/t26-/m0/s1. The molecule has 0 bridgehead atoms. The third-order valence-corrected chi connectivity index (χ3v) is 8.83. The first-order chi connectivity index (χ1) is 20.7. The molecule has 11 heteroatoms. The van der Waals surface area contributed by atoms with Crippen molar-refractivity contribution in [2.24, 2.45) is 13.0 Å². The van der Waals surface area contributed by atoms with Crippen molar-refractivity contribution in [3.63, 3.8) is 0 Å². The van der Waals surface area contributed by atoms with E-state index in [0.717, 1.165) is 50.9 Å². The highest BCUT2D eigenvalue weighted by atomic mass is 35.5. The molecule has 3 heterocycles. The van der Waals surface area contributed by atoms with Gasteiger partial charge in [0.15, 0.2) is 0 Å². The first-order valence-corrected chi connectivity index (χ1v) is 14.3. The second-order valence-corrected chi connectivity index (χ2v) is 11.3. The van der Waals surface area contributed by atoms with E-state index in [9.17, 15) is 19.5 Å². The molecule has 43 heavy (non-hydrogen) atoms. The minimum absolute atomic E-state index is 0.00276. The van der Waals surface area contributed by atoms with Crippen molar-refractivity contribution in [2.45, 2.75) is 25.8 Å². The number of hydrogen-bond donors (Lipinski definition) is 2. The number of aromatic nitrogens is 3. The van der Waals surface area contributed by atoms with Crippen LogP contribution in [0.2, 0.25) is 5.02 Å². The summed E-state index contributed by atoms with van der Waals surface area (Å²) < 4.78 is 6.87. The summed E-state index contributed by atoms with van der Waals surface area (Å²) in [4.78, 5) is 43.7. The number of fused-ring (bicyclic) bond motifs is 1. The molecule has 0 unspecified atom stereocenters. The number of hydrogen-bond acceptors (Lipinski definition) is 7. The van der Waals surface area contributed by atoms with Gasteiger partial charge in [-0.05, 0) is 54.7 Å². The zero-order valence-corrected chi connectivity index (χ0v) is 24.7. The van der Waals surface area contributed by atoms with Crippen molar-refractivity contribution in [3.8, 4) is 28.3 Å². The van der Waals surface area contributed by atoms with E-state index in [1.165, 1.54) is 19.3 Å². The zero-order chi connectivity index (χ0) is 30.4. The number of amides is 1. The molecule has 6 rings (SSSR count). The molecule has 1 aliphatic heterocycles.